The summed E-state index contributed by atoms with van der Waals surface area (Å²) in [5.74, 6) is -71.1. The van der Waals surface area contributed by atoms with Gasteiger partial charge in [0.1, 0.15) is 0 Å². The van der Waals surface area contributed by atoms with E-state index in [1.165, 1.54) is 5.32 Å². The monoisotopic (exact) mass is 718 g/mol. The molecule has 0 aliphatic rings. The van der Waals surface area contributed by atoms with Crippen molar-refractivity contribution < 1.29 is 97.0 Å². The molecule has 0 aromatic rings. The number of halogens is 21. The minimum absolute atomic E-state index is 0.0923. The lowest BCUT2D eigenvalue weighted by atomic mass is 9.87. The number of hydrogen-bond acceptors (Lipinski definition) is 1. The average molecular weight is 718 g/mol. The first-order valence-electron chi connectivity index (χ1n) is 12.2. The number of unbranched alkanes of at least 4 members (excludes halogenated alkanes) is 7. The molecule has 45 heavy (non-hydrogen) atoms. The topological polar surface area (TPSA) is 41.1 Å². The molecule has 24 heteroatoms. The molecule has 0 heterocycles. The number of carbonyl (C=O) groups excluding carboxylic acids is 1. The lowest BCUT2D eigenvalue weighted by Crippen LogP contribution is -2.77. The van der Waals surface area contributed by atoms with Crippen LogP contribution in [-0.2, 0) is 0 Å². The van der Waals surface area contributed by atoms with Crippen molar-refractivity contribution in [3.63, 3.8) is 0 Å². The molecule has 0 aromatic carbocycles. The second-order valence-electron chi connectivity index (χ2n) is 9.52. The third kappa shape index (κ3) is 7.37. The van der Waals surface area contributed by atoms with E-state index >= 15 is 0 Å². The third-order valence-corrected chi connectivity index (χ3v) is 6.10. The van der Waals surface area contributed by atoms with E-state index in [-0.39, 0.29) is 12.8 Å². The van der Waals surface area contributed by atoms with Gasteiger partial charge in [-0.2, -0.15) is 92.2 Å². The smallest absolute Gasteiger partial charge is 0.338 e. The van der Waals surface area contributed by atoms with E-state index in [0.717, 1.165) is 25.7 Å². The zero-order valence-electron chi connectivity index (χ0n) is 22.2. The van der Waals surface area contributed by atoms with Crippen molar-refractivity contribution in [3.05, 3.63) is 0 Å². The Morgan fingerprint density at radius 2 is 0.711 bits per heavy atom. The van der Waals surface area contributed by atoms with Gasteiger partial charge in [-0.3, -0.25) is 5.32 Å². The van der Waals surface area contributed by atoms with E-state index in [9.17, 15) is 97.0 Å². The van der Waals surface area contributed by atoms with Crippen LogP contribution in [0.4, 0.5) is 97.0 Å². The Hall–Kier alpha value is -2.20. The molecule has 270 valence electrons. The van der Waals surface area contributed by atoms with Gasteiger partial charge in [-0.05, 0) is 6.42 Å². The van der Waals surface area contributed by atoms with Gasteiger partial charge in [0.15, 0.2) is 0 Å². The summed E-state index contributed by atoms with van der Waals surface area (Å²) in [5.41, 5.74) is 0. The molecule has 0 atom stereocenters. The van der Waals surface area contributed by atoms with Gasteiger partial charge in [0.25, 0.3) is 0 Å². The molecule has 0 saturated heterocycles. The quantitative estimate of drug-likeness (QED) is 0.0828. The Bertz CT molecular complexity index is 976. The first-order chi connectivity index (χ1) is 19.7. The summed E-state index contributed by atoms with van der Waals surface area (Å²) in [6.07, 6.45) is -3.29. The summed E-state index contributed by atoms with van der Waals surface area (Å²) >= 11 is 0. The Labute approximate surface area is 239 Å². The number of carbonyl (C=O) groups is 1. The largest absolute Gasteiger partial charge is 0.460 e. The Kier molecular flexibility index (Phi) is 12.8. The van der Waals surface area contributed by atoms with Crippen molar-refractivity contribution in [1.82, 2.24) is 10.6 Å². The number of amides is 2. The predicted molar refractivity (Wildman–Crippen MR) is 110 cm³/mol. The van der Waals surface area contributed by atoms with Gasteiger partial charge in [-0.1, -0.05) is 51.9 Å². The van der Waals surface area contributed by atoms with Crippen molar-refractivity contribution in [2.45, 2.75) is 118 Å². The highest BCUT2D eigenvalue weighted by Crippen LogP contribution is 2.66. The molecule has 2 N–H and O–H groups in total. The average Bonchev–Trinajstić information content (AvgIpc) is 2.85. The summed E-state index contributed by atoms with van der Waals surface area (Å²) in [6, 6.07) is -9.77. The van der Waals surface area contributed by atoms with E-state index in [0.29, 0.717) is 12.8 Å². The second-order valence-corrected chi connectivity index (χ2v) is 9.52. The molecule has 0 rings (SSSR count). The maximum absolute atomic E-state index is 13.8. The van der Waals surface area contributed by atoms with Crippen molar-refractivity contribution in [3.8, 4) is 0 Å². The van der Waals surface area contributed by atoms with E-state index < -0.39 is 77.5 Å². The maximum Gasteiger partial charge on any atom is 0.460 e. The zero-order valence-corrected chi connectivity index (χ0v) is 22.2. The molecule has 2 amide bonds. The van der Waals surface area contributed by atoms with Gasteiger partial charge in [-0.15, -0.1) is 0 Å². The second kappa shape index (κ2) is 13.5. The van der Waals surface area contributed by atoms with Crippen LogP contribution < -0.4 is 10.6 Å². The molecule has 3 nitrogen and oxygen atoms in total. The van der Waals surface area contributed by atoms with Crippen molar-refractivity contribution in [2.75, 3.05) is 6.54 Å². The summed E-state index contributed by atoms with van der Waals surface area (Å²) in [5, 5.41) is 0.930. The minimum atomic E-state index is -9.24. The molecular weight excluding hydrogens is 695 g/mol. The normalized spacial score (nSPS) is 15.3. The van der Waals surface area contributed by atoms with Gasteiger partial charge in [0.05, 0.1) is 0 Å². The van der Waals surface area contributed by atoms with Crippen molar-refractivity contribution >= 4 is 6.03 Å². The molecule has 0 unspecified atom stereocenters. The summed E-state index contributed by atoms with van der Waals surface area (Å²) in [6.45, 7) is 1.23. The highest BCUT2D eigenvalue weighted by Gasteiger charge is 2.98. The summed E-state index contributed by atoms with van der Waals surface area (Å²) in [7, 11) is 0. The van der Waals surface area contributed by atoms with Gasteiger partial charge >= 0.3 is 65.6 Å². The SMILES string of the molecule is CCCCCCCCCCNC(=O)NC(F)(F)C(F)(F)C(F)(F)C(F)(F)C(F)(F)C(F)(F)C(F)(F)C(F)(F)C(F)(F)C(F)(F)F. The molecule has 0 aromatic heterocycles. The van der Waals surface area contributed by atoms with Crippen LogP contribution in [0.25, 0.3) is 0 Å². The predicted octanol–water partition coefficient (Wildman–Crippen LogP) is 9.66. The molecule has 0 radical (unpaired) electrons. The Morgan fingerprint density at radius 1 is 0.422 bits per heavy atom. The van der Waals surface area contributed by atoms with Crippen molar-refractivity contribution in [1.29, 1.82) is 0 Å². The van der Waals surface area contributed by atoms with Crippen LogP contribution in [0.5, 0.6) is 0 Å². The van der Waals surface area contributed by atoms with Gasteiger partial charge in [-0.25, -0.2) is 4.79 Å². The first kappa shape index (κ1) is 42.8. The third-order valence-electron chi connectivity index (χ3n) is 6.10. The van der Waals surface area contributed by atoms with Gasteiger partial charge in [0, 0.05) is 6.54 Å². The van der Waals surface area contributed by atoms with Gasteiger partial charge < -0.3 is 5.32 Å². The number of nitrogens with one attached hydrogen (secondary N) is 2. The summed E-state index contributed by atoms with van der Waals surface area (Å²) < 4.78 is 280. The Morgan fingerprint density at radius 3 is 1.04 bits per heavy atom. The van der Waals surface area contributed by atoms with E-state index in [4.69, 9.17) is 0 Å². The van der Waals surface area contributed by atoms with Crippen LogP contribution in [0.3, 0.4) is 0 Å². The summed E-state index contributed by atoms with van der Waals surface area (Å²) in [4.78, 5) is 11.4. The number of hydrogen-bond donors (Lipinski definition) is 2. The highest BCUT2D eigenvalue weighted by atomic mass is 19.4. The molecule has 0 aliphatic heterocycles. The fourth-order valence-corrected chi connectivity index (χ4v) is 3.28. The van der Waals surface area contributed by atoms with Crippen LogP contribution in [0.1, 0.15) is 58.3 Å². The fraction of sp³-hybridized carbons (Fsp3) is 0.952. The highest BCUT2D eigenvalue weighted by molar-refractivity contribution is 5.74. The number of alkyl halides is 21. The van der Waals surface area contributed by atoms with Crippen LogP contribution >= 0.6 is 0 Å². The number of rotatable bonds is 18. The Balaban J connectivity index is 6.12. The zero-order chi connectivity index (χ0) is 36.4. The fourth-order valence-electron chi connectivity index (χ4n) is 3.28. The van der Waals surface area contributed by atoms with Crippen LogP contribution in [0.15, 0.2) is 0 Å². The molecular formula is C21H23F21N2O. The van der Waals surface area contributed by atoms with E-state index in [1.807, 2.05) is 6.92 Å². The van der Waals surface area contributed by atoms with E-state index in [1.54, 1.807) is 0 Å². The van der Waals surface area contributed by atoms with Crippen LogP contribution in [0, 0.1) is 0 Å². The van der Waals surface area contributed by atoms with Crippen molar-refractivity contribution in [2.24, 2.45) is 0 Å². The molecule has 0 saturated carbocycles. The molecule has 0 fully saturated rings. The maximum atomic E-state index is 13.8. The van der Waals surface area contributed by atoms with E-state index in [2.05, 4.69) is 0 Å². The molecule has 0 aliphatic carbocycles. The van der Waals surface area contributed by atoms with Crippen LogP contribution in [-0.4, -0.2) is 72.2 Å². The molecule has 0 spiro atoms. The van der Waals surface area contributed by atoms with Crippen LogP contribution in [0.2, 0.25) is 0 Å². The minimum Gasteiger partial charge on any atom is -0.338 e. The molecule has 0 bridgehead atoms. The number of urea groups is 1. The first-order valence-corrected chi connectivity index (χ1v) is 12.2. The van der Waals surface area contributed by atoms with Gasteiger partial charge in [0.2, 0.25) is 0 Å². The standard InChI is InChI=1S/C21H23F21N2O/c1-2-3-4-5-6-7-8-9-10-43-11(45)44-21(41,42)19(36,37)17(32,33)15(28,29)13(24,25)12(22,23)14(26,27)16(30,31)18(34,35)20(38,39)40/h2-10H2,1H3,(H2,43,44,45). The lowest BCUT2D eigenvalue weighted by molar-refractivity contribution is -0.474. The lowest BCUT2D eigenvalue weighted by Gasteiger charge is -2.44.